The second-order valence-corrected chi connectivity index (χ2v) is 6.69. The van der Waals surface area contributed by atoms with Gasteiger partial charge in [-0.1, -0.05) is 0 Å². The van der Waals surface area contributed by atoms with Gasteiger partial charge in [0.05, 0.1) is 12.1 Å². The minimum absolute atomic E-state index is 0.0460. The smallest absolute Gasteiger partial charge is 0.255 e. The highest BCUT2D eigenvalue weighted by atomic mass is 16.2. The van der Waals surface area contributed by atoms with E-state index in [1.165, 1.54) is 4.90 Å². The van der Waals surface area contributed by atoms with Gasteiger partial charge >= 0.3 is 0 Å². The number of nitrogens with one attached hydrogen (secondary N) is 1. The lowest BCUT2D eigenvalue weighted by molar-refractivity contribution is -0.123. The molecule has 0 bridgehead atoms. The molecule has 1 rings (SSSR count). The van der Waals surface area contributed by atoms with Gasteiger partial charge in [-0.05, 0) is 53.7 Å². The van der Waals surface area contributed by atoms with E-state index >= 15 is 0 Å². The first-order valence-electron chi connectivity index (χ1n) is 8.53. The third kappa shape index (κ3) is 5.83. The van der Waals surface area contributed by atoms with Crippen LogP contribution in [-0.4, -0.2) is 53.4 Å². The van der Waals surface area contributed by atoms with Crippen molar-refractivity contribution >= 4 is 17.6 Å². The van der Waals surface area contributed by atoms with Gasteiger partial charge in [-0.2, -0.15) is 0 Å². The second kappa shape index (κ2) is 8.66. The molecule has 2 amide bonds. The van der Waals surface area contributed by atoms with Crippen molar-refractivity contribution in [2.75, 3.05) is 31.1 Å². The summed E-state index contributed by atoms with van der Waals surface area (Å²) >= 11 is 0. The molecule has 0 atom stereocenters. The normalized spacial score (nSPS) is 11.1. The predicted molar refractivity (Wildman–Crippen MR) is 97.3 cm³/mol. The van der Waals surface area contributed by atoms with E-state index in [1.54, 1.807) is 12.3 Å². The predicted octanol–water partition coefficient (Wildman–Crippen LogP) is 2.30. The van der Waals surface area contributed by atoms with E-state index in [1.807, 2.05) is 33.8 Å². The molecule has 0 spiro atoms. The van der Waals surface area contributed by atoms with E-state index in [9.17, 15) is 9.59 Å². The van der Waals surface area contributed by atoms with E-state index in [4.69, 9.17) is 0 Å². The summed E-state index contributed by atoms with van der Waals surface area (Å²) in [6.45, 7) is 14.0. The van der Waals surface area contributed by atoms with E-state index < -0.39 is 0 Å². The number of aromatic nitrogens is 1. The van der Waals surface area contributed by atoms with Gasteiger partial charge in [-0.15, -0.1) is 0 Å². The Kier molecular flexibility index (Phi) is 7.19. The number of rotatable bonds is 7. The molecule has 0 aromatic carbocycles. The SMILES string of the molecule is CCN(CC(=O)NC(C)(C)C)C(=O)c1ccc(N(CC)CC)nc1. The average Bonchev–Trinajstić information content (AvgIpc) is 2.52. The Hall–Kier alpha value is -2.11. The summed E-state index contributed by atoms with van der Waals surface area (Å²) in [6.07, 6.45) is 1.58. The lowest BCUT2D eigenvalue weighted by atomic mass is 10.1. The summed E-state index contributed by atoms with van der Waals surface area (Å²) in [7, 11) is 0. The maximum atomic E-state index is 12.6. The molecule has 0 aliphatic rings. The number of hydrogen-bond donors (Lipinski definition) is 1. The maximum absolute atomic E-state index is 12.6. The third-order valence-electron chi connectivity index (χ3n) is 3.60. The molecule has 0 fully saturated rings. The molecule has 0 saturated heterocycles. The van der Waals surface area contributed by atoms with Crippen LogP contribution >= 0.6 is 0 Å². The number of amides is 2. The topological polar surface area (TPSA) is 65.5 Å². The minimum atomic E-state index is -0.313. The Morgan fingerprint density at radius 3 is 2.12 bits per heavy atom. The van der Waals surface area contributed by atoms with Crippen molar-refractivity contribution in [1.82, 2.24) is 15.2 Å². The van der Waals surface area contributed by atoms with Gasteiger partial charge in [0.15, 0.2) is 0 Å². The zero-order chi connectivity index (χ0) is 18.3. The molecule has 134 valence electrons. The van der Waals surface area contributed by atoms with Crippen LogP contribution in [-0.2, 0) is 4.79 Å². The lowest BCUT2D eigenvalue weighted by Gasteiger charge is -2.25. The first kappa shape index (κ1) is 19.9. The van der Waals surface area contributed by atoms with Crippen molar-refractivity contribution < 1.29 is 9.59 Å². The number of anilines is 1. The quantitative estimate of drug-likeness (QED) is 0.831. The van der Waals surface area contributed by atoms with Crippen molar-refractivity contribution in [3.05, 3.63) is 23.9 Å². The van der Waals surface area contributed by atoms with Crippen molar-refractivity contribution in [1.29, 1.82) is 0 Å². The fourth-order valence-corrected chi connectivity index (χ4v) is 2.39. The van der Waals surface area contributed by atoms with Gasteiger partial charge in [0.1, 0.15) is 5.82 Å². The van der Waals surface area contributed by atoms with Gasteiger partial charge in [-0.25, -0.2) is 4.98 Å². The van der Waals surface area contributed by atoms with Crippen LogP contribution in [0.2, 0.25) is 0 Å². The van der Waals surface area contributed by atoms with Crippen molar-refractivity contribution in [3.63, 3.8) is 0 Å². The van der Waals surface area contributed by atoms with E-state index in [0.29, 0.717) is 12.1 Å². The summed E-state index contributed by atoms with van der Waals surface area (Å²) in [5, 5.41) is 2.87. The van der Waals surface area contributed by atoms with Crippen molar-refractivity contribution in [2.24, 2.45) is 0 Å². The highest BCUT2D eigenvalue weighted by Gasteiger charge is 2.20. The zero-order valence-electron chi connectivity index (χ0n) is 15.7. The molecule has 0 radical (unpaired) electrons. The maximum Gasteiger partial charge on any atom is 0.255 e. The van der Waals surface area contributed by atoms with Crippen LogP contribution in [0.15, 0.2) is 18.3 Å². The van der Waals surface area contributed by atoms with Crippen molar-refractivity contribution in [3.8, 4) is 0 Å². The molecule has 1 heterocycles. The van der Waals surface area contributed by atoms with Crippen LogP contribution < -0.4 is 10.2 Å². The molecule has 0 aliphatic carbocycles. The Bertz CT molecular complexity index is 545. The minimum Gasteiger partial charge on any atom is -0.357 e. The van der Waals surface area contributed by atoms with Gasteiger partial charge in [0.25, 0.3) is 5.91 Å². The van der Waals surface area contributed by atoms with Crippen LogP contribution in [0.5, 0.6) is 0 Å². The Labute approximate surface area is 145 Å². The van der Waals surface area contributed by atoms with Crippen LogP contribution in [0.25, 0.3) is 0 Å². The summed E-state index contributed by atoms with van der Waals surface area (Å²) in [6, 6.07) is 3.62. The molecule has 1 aromatic heterocycles. The number of nitrogens with zero attached hydrogens (tertiary/aromatic N) is 3. The highest BCUT2D eigenvalue weighted by Crippen LogP contribution is 2.12. The summed E-state index contributed by atoms with van der Waals surface area (Å²) in [5.41, 5.74) is 0.184. The molecule has 1 N–H and O–H groups in total. The Balaban J connectivity index is 2.80. The molecule has 6 nitrogen and oxygen atoms in total. The molecule has 6 heteroatoms. The largest absolute Gasteiger partial charge is 0.357 e. The number of carbonyl (C=O) groups excluding carboxylic acids is 2. The third-order valence-corrected chi connectivity index (χ3v) is 3.60. The number of carbonyl (C=O) groups is 2. The second-order valence-electron chi connectivity index (χ2n) is 6.69. The van der Waals surface area contributed by atoms with Gasteiger partial charge < -0.3 is 15.1 Å². The van der Waals surface area contributed by atoms with E-state index in [2.05, 4.69) is 29.0 Å². The van der Waals surface area contributed by atoms with E-state index in [-0.39, 0.29) is 23.9 Å². The standard InChI is InChI=1S/C18H30N4O2/c1-7-21(8-2)15-11-10-14(12-19-15)17(24)22(9-3)13-16(23)20-18(4,5)6/h10-12H,7-9,13H2,1-6H3,(H,20,23). The average molecular weight is 334 g/mol. The first-order chi connectivity index (χ1) is 11.2. The van der Waals surface area contributed by atoms with Crippen molar-refractivity contribution in [2.45, 2.75) is 47.1 Å². The zero-order valence-corrected chi connectivity index (χ0v) is 15.7. The Morgan fingerprint density at radius 1 is 1.08 bits per heavy atom. The molecule has 0 aliphatic heterocycles. The molecular weight excluding hydrogens is 304 g/mol. The number of likely N-dealkylation sites (N-methyl/N-ethyl adjacent to an activating group) is 1. The fraction of sp³-hybridized carbons (Fsp3) is 0.611. The molecule has 0 unspecified atom stereocenters. The summed E-state index contributed by atoms with van der Waals surface area (Å²) in [4.78, 5) is 32.7. The number of hydrogen-bond acceptors (Lipinski definition) is 4. The van der Waals surface area contributed by atoms with Crippen LogP contribution in [0.4, 0.5) is 5.82 Å². The molecule has 0 saturated carbocycles. The summed E-state index contributed by atoms with van der Waals surface area (Å²) in [5.74, 6) is 0.510. The summed E-state index contributed by atoms with van der Waals surface area (Å²) < 4.78 is 0. The monoisotopic (exact) mass is 334 g/mol. The van der Waals surface area contributed by atoms with Gasteiger partial charge in [0.2, 0.25) is 5.91 Å². The molecule has 24 heavy (non-hydrogen) atoms. The Morgan fingerprint density at radius 2 is 1.71 bits per heavy atom. The highest BCUT2D eigenvalue weighted by molar-refractivity contribution is 5.96. The lowest BCUT2D eigenvalue weighted by Crippen LogP contribution is -2.47. The van der Waals surface area contributed by atoms with E-state index in [0.717, 1.165) is 18.9 Å². The van der Waals surface area contributed by atoms with Crippen LogP contribution in [0.3, 0.4) is 0 Å². The molecule has 1 aromatic rings. The van der Waals surface area contributed by atoms with Gasteiger partial charge in [0, 0.05) is 31.4 Å². The van der Waals surface area contributed by atoms with Crippen LogP contribution in [0.1, 0.15) is 51.9 Å². The van der Waals surface area contributed by atoms with Crippen LogP contribution in [0, 0.1) is 0 Å². The van der Waals surface area contributed by atoms with Gasteiger partial charge in [-0.3, -0.25) is 9.59 Å². The first-order valence-corrected chi connectivity index (χ1v) is 8.53. The number of pyridine rings is 1. The molecular formula is C18H30N4O2. The fourth-order valence-electron chi connectivity index (χ4n) is 2.39.